The van der Waals surface area contributed by atoms with Crippen molar-refractivity contribution in [1.82, 2.24) is 4.98 Å². The molecule has 32 heavy (non-hydrogen) atoms. The second-order valence-electron chi connectivity index (χ2n) is 7.28. The fraction of sp³-hybridized carbons (Fsp3) is 0.208. The summed E-state index contributed by atoms with van der Waals surface area (Å²) in [5.74, 6) is -0.826. The van der Waals surface area contributed by atoms with Crippen molar-refractivity contribution in [3.8, 4) is 11.5 Å². The van der Waals surface area contributed by atoms with E-state index in [4.69, 9.17) is 9.47 Å². The van der Waals surface area contributed by atoms with Gasteiger partial charge in [-0.15, -0.1) is 11.3 Å². The zero-order chi connectivity index (χ0) is 23.0. The van der Waals surface area contributed by atoms with E-state index in [-0.39, 0.29) is 11.3 Å². The van der Waals surface area contributed by atoms with E-state index in [0.29, 0.717) is 27.8 Å². The summed E-state index contributed by atoms with van der Waals surface area (Å²) in [5, 5.41) is 11.5. The number of rotatable bonds is 5. The normalized spacial score (nSPS) is 17.6. The monoisotopic (exact) mass is 450 g/mol. The van der Waals surface area contributed by atoms with Crippen LogP contribution in [0.3, 0.4) is 0 Å². The fourth-order valence-corrected chi connectivity index (χ4v) is 4.62. The first-order valence-electron chi connectivity index (χ1n) is 9.89. The van der Waals surface area contributed by atoms with Crippen LogP contribution >= 0.6 is 11.3 Å². The first-order chi connectivity index (χ1) is 15.4. The molecule has 1 aliphatic heterocycles. The number of aliphatic hydroxyl groups excluding tert-OH is 1. The van der Waals surface area contributed by atoms with E-state index in [9.17, 15) is 14.7 Å². The second kappa shape index (κ2) is 8.47. The van der Waals surface area contributed by atoms with Crippen molar-refractivity contribution >= 4 is 33.9 Å². The Morgan fingerprint density at radius 1 is 1.06 bits per heavy atom. The number of hydrogen-bond acceptors (Lipinski definition) is 7. The molecule has 4 rings (SSSR count). The number of carbonyl (C=O) groups is 2. The maximum Gasteiger partial charge on any atom is 0.301 e. The van der Waals surface area contributed by atoms with Crippen LogP contribution in [-0.4, -0.2) is 36.0 Å². The highest BCUT2D eigenvalue weighted by Gasteiger charge is 2.49. The van der Waals surface area contributed by atoms with Crippen LogP contribution in [0.2, 0.25) is 0 Å². The Labute approximate surface area is 189 Å². The predicted molar refractivity (Wildman–Crippen MR) is 122 cm³/mol. The van der Waals surface area contributed by atoms with Gasteiger partial charge in [0.15, 0.2) is 5.13 Å². The number of ketones is 1. The third-order valence-corrected chi connectivity index (χ3v) is 6.52. The van der Waals surface area contributed by atoms with Gasteiger partial charge in [-0.2, -0.15) is 0 Å². The molecule has 1 atom stereocenters. The van der Waals surface area contributed by atoms with Crippen LogP contribution in [0.5, 0.6) is 11.5 Å². The Kier molecular flexibility index (Phi) is 5.71. The average molecular weight is 451 g/mol. The molecule has 0 radical (unpaired) electrons. The van der Waals surface area contributed by atoms with Gasteiger partial charge in [0, 0.05) is 16.0 Å². The maximum atomic E-state index is 13.2. The molecule has 0 bridgehead atoms. The summed E-state index contributed by atoms with van der Waals surface area (Å²) in [4.78, 5) is 33.2. The SMILES string of the molecule is COc1ccc(OC)c([C@@H]2/C(=C(\O)c3ccccc3)C(=O)C(=O)N2c2nc(C)c(C)s2)c1. The highest BCUT2D eigenvalue weighted by atomic mass is 32.1. The van der Waals surface area contributed by atoms with Crippen molar-refractivity contribution < 1.29 is 24.2 Å². The Balaban J connectivity index is 2.02. The smallest absolute Gasteiger partial charge is 0.301 e. The van der Waals surface area contributed by atoms with E-state index in [2.05, 4.69) is 4.98 Å². The molecular formula is C24H22N2O5S. The van der Waals surface area contributed by atoms with Crippen LogP contribution in [0.15, 0.2) is 54.1 Å². The topological polar surface area (TPSA) is 89.0 Å². The number of Topliss-reactive ketones (excluding diaryl/α,β-unsaturated/α-hetero) is 1. The maximum absolute atomic E-state index is 13.2. The Morgan fingerprint density at radius 3 is 2.38 bits per heavy atom. The van der Waals surface area contributed by atoms with E-state index in [1.54, 1.807) is 48.5 Å². The van der Waals surface area contributed by atoms with Gasteiger partial charge in [0.25, 0.3) is 5.78 Å². The largest absolute Gasteiger partial charge is 0.507 e. The molecule has 1 fully saturated rings. The fourth-order valence-electron chi connectivity index (χ4n) is 3.69. The third kappa shape index (κ3) is 3.52. The number of carbonyl (C=O) groups excluding carboxylic acids is 2. The van der Waals surface area contributed by atoms with Crippen LogP contribution < -0.4 is 14.4 Å². The summed E-state index contributed by atoms with van der Waals surface area (Å²) in [6.45, 7) is 3.75. The number of benzene rings is 2. The van der Waals surface area contributed by atoms with E-state index < -0.39 is 17.7 Å². The number of aryl methyl sites for hydroxylation is 2. The van der Waals surface area contributed by atoms with E-state index in [1.165, 1.54) is 30.5 Å². The zero-order valence-electron chi connectivity index (χ0n) is 18.1. The molecule has 2 aromatic carbocycles. The minimum atomic E-state index is -0.940. The molecule has 1 aliphatic rings. The van der Waals surface area contributed by atoms with Crippen molar-refractivity contribution in [2.45, 2.75) is 19.9 Å². The third-order valence-electron chi connectivity index (χ3n) is 5.45. The van der Waals surface area contributed by atoms with E-state index >= 15 is 0 Å². The standard InChI is InChI=1S/C24H22N2O5S/c1-13-14(2)32-24(25-13)26-20(17-12-16(30-3)10-11-18(17)31-4)19(22(28)23(26)29)21(27)15-8-6-5-7-9-15/h5-12,20,27H,1-4H3/b21-19+/t20-/m1/s1. The average Bonchev–Trinajstić information content (AvgIpc) is 3.28. The number of thiazole rings is 1. The molecular weight excluding hydrogens is 428 g/mol. The molecule has 7 nitrogen and oxygen atoms in total. The highest BCUT2D eigenvalue weighted by Crippen LogP contribution is 2.46. The van der Waals surface area contributed by atoms with Crippen LogP contribution in [0.25, 0.3) is 5.76 Å². The quantitative estimate of drug-likeness (QED) is 0.352. The number of aromatic nitrogens is 1. The van der Waals surface area contributed by atoms with Gasteiger partial charge in [-0.05, 0) is 32.0 Å². The number of aliphatic hydroxyl groups is 1. The van der Waals surface area contributed by atoms with Crippen LogP contribution in [0.1, 0.15) is 27.7 Å². The molecule has 3 aromatic rings. The molecule has 8 heteroatoms. The molecule has 0 spiro atoms. The molecule has 0 saturated carbocycles. The van der Waals surface area contributed by atoms with Crippen molar-refractivity contribution in [2.75, 3.05) is 19.1 Å². The van der Waals surface area contributed by atoms with Gasteiger partial charge in [-0.1, -0.05) is 30.3 Å². The van der Waals surface area contributed by atoms with Gasteiger partial charge in [-0.25, -0.2) is 4.98 Å². The Morgan fingerprint density at radius 2 is 1.78 bits per heavy atom. The van der Waals surface area contributed by atoms with Crippen LogP contribution in [0, 0.1) is 13.8 Å². The van der Waals surface area contributed by atoms with Gasteiger partial charge >= 0.3 is 5.91 Å². The number of hydrogen-bond donors (Lipinski definition) is 1. The van der Waals surface area contributed by atoms with Crippen LogP contribution in [-0.2, 0) is 9.59 Å². The van der Waals surface area contributed by atoms with Crippen molar-refractivity contribution in [2.24, 2.45) is 0 Å². The number of amides is 1. The number of nitrogens with zero attached hydrogens (tertiary/aromatic N) is 2. The zero-order valence-corrected chi connectivity index (χ0v) is 18.9. The number of anilines is 1. The van der Waals surface area contributed by atoms with Crippen molar-refractivity contribution in [1.29, 1.82) is 0 Å². The van der Waals surface area contributed by atoms with E-state index in [0.717, 1.165) is 10.6 Å². The Bertz CT molecular complexity index is 1210. The van der Waals surface area contributed by atoms with Gasteiger partial charge in [0.2, 0.25) is 0 Å². The van der Waals surface area contributed by atoms with E-state index in [1.807, 2.05) is 13.8 Å². The summed E-state index contributed by atoms with van der Waals surface area (Å²) in [6.07, 6.45) is 0. The summed E-state index contributed by atoms with van der Waals surface area (Å²) in [6, 6.07) is 12.9. The molecule has 1 amide bonds. The van der Waals surface area contributed by atoms with Gasteiger partial charge in [0.05, 0.1) is 25.5 Å². The summed E-state index contributed by atoms with van der Waals surface area (Å²) in [7, 11) is 3.03. The molecule has 2 heterocycles. The summed E-state index contributed by atoms with van der Waals surface area (Å²) < 4.78 is 10.9. The highest BCUT2D eigenvalue weighted by molar-refractivity contribution is 7.16. The molecule has 0 unspecified atom stereocenters. The van der Waals surface area contributed by atoms with Crippen LogP contribution in [0.4, 0.5) is 5.13 Å². The molecule has 1 saturated heterocycles. The number of methoxy groups -OCH3 is 2. The second-order valence-corrected chi connectivity index (χ2v) is 8.46. The lowest BCUT2D eigenvalue weighted by Gasteiger charge is -2.25. The van der Waals surface area contributed by atoms with Crippen molar-refractivity contribution in [3.05, 3.63) is 75.8 Å². The lowest BCUT2D eigenvalue weighted by Crippen LogP contribution is -2.29. The van der Waals surface area contributed by atoms with Gasteiger partial charge < -0.3 is 14.6 Å². The first-order valence-corrected chi connectivity index (χ1v) is 10.7. The van der Waals surface area contributed by atoms with Gasteiger partial charge in [-0.3, -0.25) is 14.5 Å². The minimum Gasteiger partial charge on any atom is -0.507 e. The lowest BCUT2D eigenvalue weighted by atomic mass is 9.94. The molecule has 0 aliphatic carbocycles. The summed E-state index contributed by atoms with van der Waals surface area (Å²) in [5.41, 5.74) is 1.68. The lowest BCUT2D eigenvalue weighted by molar-refractivity contribution is -0.132. The summed E-state index contributed by atoms with van der Waals surface area (Å²) >= 11 is 1.31. The van der Waals surface area contributed by atoms with Crippen molar-refractivity contribution in [3.63, 3.8) is 0 Å². The molecule has 1 N–H and O–H groups in total. The molecule has 1 aromatic heterocycles. The molecule has 164 valence electrons. The van der Waals surface area contributed by atoms with Gasteiger partial charge in [0.1, 0.15) is 23.3 Å². The first kappa shape index (κ1) is 21.6. The Hall–Kier alpha value is -3.65. The minimum absolute atomic E-state index is 0.0294. The predicted octanol–water partition coefficient (Wildman–Crippen LogP) is 4.40. The number of ether oxygens (including phenoxy) is 2.